The van der Waals surface area contributed by atoms with E-state index in [4.69, 9.17) is 14.5 Å². The van der Waals surface area contributed by atoms with Crippen LogP contribution < -0.4 is 19.5 Å². The Kier molecular flexibility index (Phi) is 11.5. The number of rotatable bonds is 10. The van der Waals surface area contributed by atoms with Crippen molar-refractivity contribution in [1.29, 1.82) is 0 Å². The van der Waals surface area contributed by atoms with Crippen molar-refractivity contribution >= 4 is 44.4 Å². The van der Waals surface area contributed by atoms with Gasteiger partial charge in [0.25, 0.3) is 0 Å². The highest BCUT2D eigenvalue weighted by molar-refractivity contribution is 7.90. The number of allylic oxidation sites excluding steroid dienone is 1. The maximum absolute atomic E-state index is 14.7. The molecule has 0 spiro atoms. The summed E-state index contributed by atoms with van der Waals surface area (Å²) in [5.74, 6) is -1.74. The van der Waals surface area contributed by atoms with Gasteiger partial charge in [0.2, 0.25) is 27.7 Å². The first kappa shape index (κ1) is 41.4. The lowest BCUT2D eigenvalue weighted by Crippen LogP contribution is -2.49. The Morgan fingerprint density at radius 3 is 2.52 bits per heavy atom. The zero-order chi connectivity index (χ0) is 41.6. The van der Waals surface area contributed by atoms with Crippen molar-refractivity contribution in [3.05, 3.63) is 66.7 Å². The van der Waals surface area contributed by atoms with Crippen LogP contribution in [0, 0.1) is 23.2 Å². The number of nitrogens with zero attached hydrogens (tertiary/aromatic N) is 2. The molecule has 4 bridgehead atoms. The highest BCUT2D eigenvalue weighted by Crippen LogP contribution is 2.57. The van der Waals surface area contributed by atoms with E-state index in [0.717, 1.165) is 42.2 Å². The zero-order valence-electron chi connectivity index (χ0n) is 34.2. The lowest BCUT2D eigenvalue weighted by Gasteiger charge is -2.32. The van der Waals surface area contributed by atoms with Crippen molar-refractivity contribution in [3.63, 3.8) is 0 Å². The number of pyridine rings is 1. The first-order chi connectivity index (χ1) is 27.5. The van der Waals surface area contributed by atoms with Crippen LogP contribution in [0.15, 0.2) is 61.2 Å². The molecule has 58 heavy (non-hydrogen) atoms. The molecule has 5 atom stereocenters. The number of nitrogens with one attached hydrogen (secondary N) is 2. The summed E-state index contributed by atoms with van der Waals surface area (Å²) in [4.78, 5) is 63.3. The second-order valence-corrected chi connectivity index (χ2v) is 19.7. The first-order valence-corrected chi connectivity index (χ1v) is 22.2. The first-order valence-electron chi connectivity index (χ1n) is 20.6. The van der Waals surface area contributed by atoms with Crippen LogP contribution in [0.3, 0.4) is 0 Å². The summed E-state index contributed by atoms with van der Waals surface area (Å²) in [5, 5.41) is 3.33. The summed E-state index contributed by atoms with van der Waals surface area (Å²) in [5.41, 5.74) is 1.42. The smallest absolute Gasteiger partial charge is 0.240 e. The molecule has 2 aliphatic carbocycles. The molecule has 2 N–H and O–H groups in total. The summed E-state index contributed by atoms with van der Waals surface area (Å²) >= 11 is 0. The van der Waals surface area contributed by atoms with E-state index in [1.807, 2.05) is 70.2 Å². The fourth-order valence-corrected chi connectivity index (χ4v) is 10.2. The number of fused-ring (bicyclic) bond motifs is 3. The van der Waals surface area contributed by atoms with Gasteiger partial charge in [0.05, 0.1) is 41.6 Å². The number of ether oxygens (including phenoxy) is 2. The largest absolute Gasteiger partial charge is 0.496 e. The van der Waals surface area contributed by atoms with Crippen molar-refractivity contribution in [2.45, 2.75) is 115 Å². The molecule has 4 aliphatic rings. The number of carbonyl (C=O) groups excluding carboxylic acids is 4. The van der Waals surface area contributed by atoms with Gasteiger partial charge in [-0.2, -0.15) is 0 Å². The number of aromatic nitrogens is 1. The van der Waals surface area contributed by atoms with E-state index in [1.165, 1.54) is 4.90 Å². The summed E-state index contributed by atoms with van der Waals surface area (Å²) in [7, 11) is -2.22. The number of amides is 3. The van der Waals surface area contributed by atoms with Crippen LogP contribution in [0.2, 0.25) is 0 Å². The van der Waals surface area contributed by atoms with Gasteiger partial charge in [-0.25, -0.2) is 13.4 Å². The Morgan fingerprint density at radius 2 is 1.86 bits per heavy atom. The number of hydrogen-bond donors (Lipinski definition) is 2. The van der Waals surface area contributed by atoms with Crippen molar-refractivity contribution < 1.29 is 37.1 Å². The van der Waals surface area contributed by atoms with E-state index in [-0.39, 0.29) is 55.7 Å². The molecule has 12 nitrogen and oxygen atoms in total. The molecule has 1 saturated heterocycles. The fraction of sp³-hybridized carbons (Fsp3) is 0.533. The minimum Gasteiger partial charge on any atom is -0.496 e. The maximum atomic E-state index is 14.7. The molecule has 310 valence electrons. The second-order valence-electron chi connectivity index (χ2n) is 17.7. The molecule has 13 heteroatoms. The van der Waals surface area contributed by atoms with Gasteiger partial charge in [0, 0.05) is 53.8 Å². The Morgan fingerprint density at radius 1 is 1.12 bits per heavy atom. The average molecular weight is 813 g/mol. The molecule has 0 unspecified atom stereocenters. The molecule has 3 aromatic rings. The van der Waals surface area contributed by atoms with Gasteiger partial charge in [0.15, 0.2) is 5.78 Å². The molecule has 2 aliphatic heterocycles. The summed E-state index contributed by atoms with van der Waals surface area (Å²) in [6.45, 7) is 11.7. The van der Waals surface area contributed by atoms with Crippen molar-refractivity contribution in [2.75, 3.05) is 13.7 Å². The molecular formula is C45H56N4O8S. The van der Waals surface area contributed by atoms with Crippen LogP contribution >= 0.6 is 0 Å². The van der Waals surface area contributed by atoms with E-state index < -0.39 is 56.1 Å². The number of carbonyl (C=O) groups is 4. The number of methoxy groups -OCH3 is 1. The average Bonchev–Trinajstić information content (AvgIpc) is 4.11. The maximum Gasteiger partial charge on any atom is 0.240 e. The van der Waals surface area contributed by atoms with E-state index in [0.29, 0.717) is 35.6 Å². The van der Waals surface area contributed by atoms with Crippen LogP contribution in [0.5, 0.6) is 11.5 Å². The van der Waals surface area contributed by atoms with Crippen LogP contribution in [0.25, 0.3) is 22.2 Å². The summed E-state index contributed by atoms with van der Waals surface area (Å²) < 4.78 is 40.7. The van der Waals surface area contributed by atoms with E-state index >= 15 is 0 Å². The Labute approximate surface area is 341 Å². The fourth-order valence-electron chi connectivity index (χ4n) is 8.82. The number of hydrogen-bond acceptors (Lipinski definition) is 9. The molecule has 2 saturated carbocycles. The third kappa shape index (κ3) is 8.65. The standard InChI is InChI=1S/C45H56N4O8S/c1-7-30-24-45(30,43(53)48-58(54,55)32-16-17-32)25-38(50)37-20-31-26-49(37)42(52)33(27(2)3)21-41(51)47-44(4,5)18-12-11-15-29-19-34-36(23-39(29)56-6)46-35(22-40(34)57-31)28-13-9-8-10-14-28/h7-10,13-14,19,22-23,27,30-33,37H,1,11-12,15-18,20-21,24-26H2,2-6H3,(H,47,51)(H,48,53)/t30-,31-,33+,37+,45-/m1/s1. The third-order valence-corrected chi connectivity index (χ3v) is 14.3. The highest BCUT2D eigenvalue weighted by atomic mass is 32.2. The monoisotopic (exact) mass is 812 g/mol. The molecular weight excluding hydrogens is 757 g/mol. The lowest BCUT2D eigenvalue weighted by molar-refractivity contribution is -0.145. The van der Waals surface area contributed by atoms with E-state index in [9.17, 15) is 27.6 Å². The number of aryl methyl sites for hydroxylation is 1. The minimum atomic E-state index is -3.86. The van der Waals surface area contributed by atoms with Crippen LogP contribution in [0.1, 0.15) is 91.0 Å². The van der Waals surface area contributed by atoms with Crippen molar-refractivity contribution in [3.8, 4) is 22.8 Å². The topological polar surface area (TPSA) is 161 Å². The molecule has 2 aromatic carbocycles. The summed E-state index contributed by atoms with van der Waals surface area (Å²) in [6, 6.07) is 14.7. The van der Waals surface area contributed by atoms with Crippen LogP contribution in [0.4, 0.5) is 0 Å². The molecule has 7 rings (SSSR count). The predicted octanol–water partition coefficient (Wildman–Crippen LogP) is 6.30. The quantitative estimate of drug-likeness (QED) is 0.224. The van der Waals surface area contributed by atoms with Crippen molar-refractivity contribution in [2.24, 2.45) is 23.2 Å². The van der Waals surface area contributed by atoms with Gasteiger partial charge in [-0.05, 0) is 75.8 Å². The van der Waals surface area contributed by atoms with Gasteiger partial charge in [-0.15, -0.1) is 6.58 Å². The number of benzene rings is 2. The van der Waals surface area contributed by atoms with E-state index in [1.54, 1.807) is 13.2 Å². The molecule has 3 heterocycles. The third-order valence-electron chi connectivity index (χ3n) is 12.5. The summed E-state index contributed by atoms with van der Waals surface area (Å²) in [6.07, 6.45) is 5.16. The lowest BCUT2D eigenvalue weighted by atomic mass is 9.88. The number of sulfonamides is 1. The SMILES string of the molecule is C=C[C@@H]1C[C@]1(CC(=O)[C@@H]1C[C@@H]2CN1C(=O)[C@H](C(C)C)CC(=O)NC(C)(C)CCCCc1cc3c(cc(-c4ccccc4)nc3cc1OC)O2)C(=O)NS(=O)(=O)C1CC1. The van der Waals surface area contributed by atoms with Crippen LogP contribution in [-0.2, 0) is 35.6 Å². The Bertz CT molecular complexity index is 2220. The van der Waals surface area contributed by atoms with Gasteiger partial charge >= 0.3 is 0 Å². The predicted molar refractivity (Wildman–Crippen MR) is 221 cm³/mol. The molecule has 3 fully saturated rings. The normalized spacial score (nSPS) is 26.3. The van der Waals surface area contributed by atoms with Gasteiger partial charge in [-0.3, -0.25) is 23.9 Å². The van der Waals surface area contributed by atoms with Crippen molar-refractivity contribution in [1.82, 2.24) is 19.9 Å². The van der Waals surface area contributed by atoms with Gasteiger partial charge < -0.3 is 19.7 Å². The molecule has 0 radical (unpaired) electrons. The Hall–Kier alpha value is -4.78. The molecule has 3 amide bonds. The van der Waals surface area contributed by atoms with E-state index in [2.05, 4.69) is 22.7 Å². The van der Waals surface area contributed by atoms with Crippen LogP contribution in [-0.4, -0.2) is 78.4 Å². The second kappa shape index (κ2) is 16.1. The van der Waals surface area contributed by atoms with Gasteiger partial charge in [0.1, 0.15) is 17.6 Å². The van der Waals surface area contributed by atoms with Gasteiger partial charge in [-0.1, -0.05) is 56.7 Å². The Balaban J connectivity index is 1.28. The number of ketones is 1. The minimum absolute atomic E-state index is 0.0556. The highest BCUT2D eigenvalue weighted by Gasteiger charge is 2.61. The number of Topliss-reactive ketones (excluding diaryl/α,β-unsaturated/α-hetero) is 1. The zero-order valence-corrected chi connectivity index (χ0v) is 35.0. The molecule has 1 aromatic heterocycles.